The lowest BCUT2D eigenvalue weighted by Gasteiger charge is -2.12. The highest BCUT2D eigenvalue weighted by atomic mass is 32.2. The first-order valence-corrected chi connectivity index (χ1v) is 10.2. The Morgan fingerprint density at radius 2 is 2.19 bits per heavy atom. The third-order valence-electron chi connectivity index (χ3n) is 4.34. The molecule has 0 aliphatic carbocycles. The fourth-order valence-corrected chi connectivity index (χ4v) is 4.59. The van der Waals surface area contributed by atoms with Crippen LogP contribution in [0.25, 0.3) is 15.7 Å². The van der Waals surface area contributed by atoms with E-state index >= 15 is 0 Å². The van der Waals surface area contributed by atoms with Gasteiger partial charge in [0.2, 0.25) is 5.91 Å². The highest BCUT2D eigenvalue weighted by Gasteiger charge is 2.13. The van der Waals surface area contributed by atoms with Crippen LogP contribution in [0.3, 0.4) is 0 Å². The zero-order valence-corrected chi connectivity index (χ0v) is 16.2. The average Bonchev–Trinajstić information content (AvgIpc) is 3.23. The Morgan fingerprint density at radius 3 is 3.04 bits per heavy atom. The number of fused-ring (bicyclic) bond motifs is 3. The highest BCUT2D eigenvalue weighted by Crippen LogP contribution is 2.30. The van der Waals surface area contributed by atoms with Crippen molar-refractivity contribution in [1.82, 2.24) is 14.6 Å². The van der Waals surface area contributed by atoms with Crippen molar-refractivity contribution in [2.24, 2.45) is 0 Å². The first-order valence-electron chi connectivity index (χ1n) is 8.38. The molecular weight excluding hydrogens is 364 g/mol. The molecule has 5 nitrogen and oxygen atoms in total. The van der Waals surface area contributed by atoms with Gasteiger partial charge in [-0.1, -0.05) is 36.9 Å². The summed E-state index contributed by atoms with van der Waals surface area (Å²) >= 11 is 3.10. The van der Waals surface area contributed by atoms with Crippen molar-refractivity contribution in [2.45, 2.75) is 25.3 Å². The van der Waals surface area contributed by atoms with Crippen LogP contribution in [0.5, 0.6) is 0 Å². The van der Waals surface area contributed by atoms with Gasteiger partial charge < -0.3 is 5.32 Å². The number of amides is 1. The van der Waals surface area contributed by atoms with Crippen LogP contribution in [0.1, 0.15) is 18.1 Å². The molecule has 0 bridgehead atoms. The zero-order chi connectivity index (χ0) is 18.1. The molecule has 26 heavy (non-hydrogen) atoms. The van der Waals surface area contributed by atoms with Gasteiger partial charge in [-0.05, 0) is 42.0 Å². The van der Waals surface area contributed by atoms with Gasteiger partial charge in [0.15, 0.2) is 0 Å². The summed E-state index contributed by atoms with van der Waals surface area (Å²) in [5.41, 5.74) is 5.27. The van der Waals surface area contributed by atoms with Crippen LogP contribution in [-0.4, -0.2) is 26.3 Å². The molecule has 1 N–H and O–H groups in total. The molecule has 0 spiro atoms. The molecule has 1 amide bonds. The smallest absolute Gasteiger partial charge is 0.234 e. The molecule has 1 aromatic carbocycles. The summed E-state index contributed by atoms with van der Waals surface area (Å²) in [6.07, 6.45) is 2.60. The SMILES string of the molecule is CCc1cccc(C)c1NC(=O)CSc1nncn2c1cc1sccc12. The summed E-state index contributed by atoms with van der Waals surface area (Å²) in [4.78, 5) is 12.5. The lowest BCUT2D eigenvalue weighted by molar-refractivity contribution is -0.113. The van der Waals surface area contributed by atoms with Crippen molar-refractivity contribution in [1.29, 1.82) is 0 Å². The predicted octanol–water partition coefficient (Wildman–Crippen LogP) is 4.55. The second kappa shape index (κ2) is 7.09. The van der Waals surface area contributed by atoms with E-state index in [1.165, 1.54) is 16.5 Å². The maximum Gasteiger partial charge on any atom is 0.234 e. The summed E-state index contributed by atoms with van der Waals surface area (Å²) in [6, 6.07) is 10.3. The number of thioether (sulfide) groups is 1. The number of hydrogen-bond acceptors (Lipinski definition) is 5. The fraction of sp³-hybridized carbons (Fsp3) is 0.211. The molecule has 0 unspecified atom stereocenters. The van der Waals surface area contributed by atoms with E-state index in [4.69, 9.17) is 0 Å². The van der Waals surface area contributed by atoms with Crippen LogP contribution in [0.15, 0.2) is 47.1 Å². The van der Waals surface area contributed by atoms with E-state index < -0.39 is 0 Å². The highest BCUT2D eigenvalue weighted by molar-refractivity contribution is 8.00. The molecule has 7 heteroatoms. The maximum atomic E-state index is 12.5. The van der Waals surface area contributed by atoms with Gasteiger partial charge in [-0.3, -0.25) is 9.20 Å². The molecule has 3 aromatic heterocycles. The van der Waals surface area contributed by atoms with Gasteiger partial charge in [0.1, 0.15) is 11.4 Å². The Kier molecular flexibility index (Phi) is 4.65. The summed E-state index contributed by atoms with van der Waals surface area (Å²) in [7, 11) is 0. The molecule has 4 aromatic rings. The van der Waals surface area contributed by atoms with Crippen molar-refractivity contribution < 1.29 is 4.79 Å². The summed E-state index contributed by atoms with van der Waals surface area (Å²) in [6.45, 7) is 4.11. The number of carbonyl (C=O) groups is 1. The minimum atomic E-state index is -0.0313. The number of hydrogen-bond donors (Lipinski definition) is 1. The minimum Gasteiger partial charge on any atom is -0.325 e. The molecule has 0 aliphatic rings. The second-order valence-electron chi connectivity index (χ2n) is 6.01. The summed E-state index contributed by atoms with van der Waals surface area (Å²) in [5, 5.41) is 14.2. The third-order valence-corrected chi connectivity index (χ3v) is 6.16. The standard InChI is InChI=1S/C19H18N4OS2/c1-3-13-6-4-5-12(2)18(13)21-17(24)10-26-19-15-9-16-14(7-8-25-16)23(15)11-20-22-19/h4-9,11H,3,10H2,1-2H3,(H,21,24). The van der Waals surface area contributed by atoms with Crippen LogP contribution < -0.4 is 5.32 Å². The number of aromatic nitrogens is 3. The number of anilines is 1. The molecule has 0 saturated heterocycles. The van der Waals surface area contributed by atoms with Crippen molar-refractivity contribution in [2.75, 3.05) is 11.1 Å². The van der Waals surface area contributed by atoms with Crippen molar-refractivity contribution in [3.63, 3.8) is 0 Å². The molecule has 3 heterocycles. The second-order valence-corrected chi connectivity index (χ2v) is 7.92. The first-order chi connectivity index (χ1) is 12.7. The van der Waals surface area contributed by atoms with Gasteiger partial charge in [0, 0.05) is 5.69 Å². The molecule has 4 rings (SSSR count). The van der Waals surface area contributed by atoms with Gasteiger partial charge in [0.25, 0.3) is 0 Å². The van der Waals surface area contributed by atoms with Crippen molar-refractivity contribution in [3.8, 4) is 0 Å². The Morgan fingerprint density at radius 1 is 1.31 bits per heavy atom. The molecule has 132 valence electrons. The average molecular weight is 383 g/mol. The molecule has 0 saturated carbocycles. The van der Waals surface area contributed by atoms with Crippen molar-refractivity contribution in [3.05, 3.63) is 53.2 Å². The van der Waals surface area contributed by atoms with Gasteiger partial charge in [-0.25, -0.2) is 0 Å². The van der Waals surface area contributed by atoms with E-state index in [9.17, 15) is 4.79 Å². The Balaban J connectivity index is 1.52. The Hall–Kier alpha value is -2.38. The van der Waals surface area contributed by atoms with E-state index in [2.05, 4.69) is 46.0 Å². The van der Waals surface area contributed by atoms with Gasteiger partial charge in [0.05, 0.1) is 21.5 Å². The predicted molar refractivity (Wildman–Crippen MR) is 108 cm³/mol. The number of nitrogens with one attached hydrogen (secondary N) is 1. The number of thiophene rings is 1. The van der Waals surface area contributed by atoms with E-state index in [0.29, 0.717) is 5.75 Å². The van der Waals surface area contributed by atoms with Gasteiger partial charge in [-0.2, -0.15) is 0 Å². The molecule has 0 aliphatic heterocycles. The van der Waals surface area contributed by atoms with E-state index in [1.54, 1.807) is 17.7 Å². The minimum absolute atomic E-state index is 0.0313. The normalized spacial score (nSPS) is 11.3. The van der Waals surface area contributed by atoms with Crippen LogP contribution in [-0.2, 0) is 11.2 Å². The summed E-state index contributed by atoms with van der Waals surface area (Å²) in [5.74, 6) is 0.265. The van der Waals surface area contributed by atoms with Gasteiger partial charge >= 0.3 is 0 Å². The number of rotatable bonds is 5. The number of benzene rings is 1. The molecule has 0 fully saturated rings. The third kappa shape index (κ3) is 3.08. The van der Waals surface area contributed by atoms with E-state index in [0.717, 1.165) is 39.3 Å². The quantitative estimate of drug-likeness (QED) is 0.515. The molecular formula is C19H18N4OS2. The van der Waals surface area contributed by atoms with E-state index in [1.807, 2.05) is 23.5 Å². The Labute approximate surface area is 159 Å². The lowest BCUT2D eigenvalue weighted by Crippen LogP contribution is -2.16. The van der Waals surface area contributed by atoms with Crippen molar-refractivity contribution >= 4 is 50.4 Å². The first kappa shape index (κ1) is 17.1. The van der Waals surface area contributed by atoms with Crippen LogP contribution in [0.4, 0.5) is 5.69 Å². The van der Waals surface area contributed by atoms with Crippen LogP contribution in [0.2, 0.25) is 0 Å². The van der Waals surface area contributed by atoms with Crippen LogP contribution in [0, 0.1) is 6.92 Å². The van der Waals surface area contributed by atoms with Gasteiger partial charge in [-0.15, -0.1) is 21.5 Å². The number of aryl methyl sites for hydroxylation is 2. The zero-order valence-electron chi connectivity index (χ0n) is 14.5. The monoisotopic (exact) mass is 382 g/mol. The van der Waals surface area contributed by atoms with Crippen LogP contribution >= 0.6 is 23.1 Å². The topological polar surface area (TPSA) is 59.3 Å². The number of nitrogens with zero attached hydrogens (tertiary/aromatic N) is 3. The fourth-order valence-electron chi connectivity index (χ4n) is 3.03. The largest absolute Gasteiger partial charge is 0.325 e. The van der Waals surface area contributed by atoms with E-state index in [-0.39, 0.29) is 5.91 Å². The molecule has 0 radical (unpaired) electrons. The number of carbonyl (C=O) groups excluding carboxylic acids is 1. The number of para-hydroxylation sites is 1. The molecule has 0 atom stereocenters. The maximum absolute atomic E-state index is 12.5. The summed E-state index contributed by atoms with van der Waals surface area (Å²) < 4.78 is 3.22. The lowest BCUT2D eigenvalue weighted by atomic mass is 10.1. The Bertz CT molecular complexity index is 1100.